The number of furan rings is 1. The van der Waals surface area contributed by atoms with Gasteiger partial charge in [-0.25, -0.2) is 4.98 Å². The van der Waals surface area contributed by atoms with Gasteiger partial charge in [-0.2, -0.15) is 13.2 Å². The number of nitrogens with one attached hydrogen (secondary N) is 1. The first-order valence-corrected chi connectivity index (χ1v) is 5.93. The summed E-state index contributed by atoms with van der Waals surface area (Å²) in [5.74, 6) is 1.20. The van der Waals surface area contributed by atoms with Gasteiger partial charge in [0.05, 0.1) is 11.6 Å². The first-order chi connectivity index (χ1) is 9.25. The number of nitrogens with zero attached hydrogens (tertiary/aromatic N) is 1. The van der Waals surface area contributed by atoms with E-state index in [1.54, 1.807) is 26.0 Å². The molecule has 0 spiro atoms. The number of nitrogen functional groups attached to an aromatic ring is 1. The largest absolute Gasteiger partial charge is 0.464 e. The van der Waals surface area contributed by atoms with Crippen molar-refractivity contribution in [2.45, 2.75) is 26.1 Å². The van der Waals surface area contributed by atoms with E-state index >= 15 is 0 Å². The molecular formula is C13H14F3N3O. The van der Waals surface area contributed by atoms with Crippen LogP contribution < -0.4 is 11.1 Å². The molecule has 2 aromatic heterocycles. The molecule has 0 aromatic carbocycles. The molecular weight excluding hydrogens is 271 g/mol. The van der Waals surface area contributed by atoms with Crippen molar-refractivity contribution in [1.29, 1.82) is 0 Å². The summed E-state index contributed by atoms with van der Waals surface area (Å²) in [6.07, 6.45) is -4.46. The van der Waals surface area contributed by atoms with E-state index in [1.807, 2.05) is 0 Å². The van der Waals surface area contributed by atoms with E-state index in [0.717, 1.165) is 17.9 Å². The van der Waals surface area contributed by atoms with Gasteiger partial charge >= 0.3 is 6.18 Å². The van der Waals surface area contributed by atoms with Gasteiger partial charge in [-0.3, -0.25) is 0 Å². The lowest BCUT2D eigenvalue weighted by molar-refractivity contribution is -0.137. The third-order valence-electron chi connectivity index (χ3n) is 2.72. The summed E-state index contributed by atoms with van der Waals surface area (Å²) in [6, 6.07) is 4.93. The number of aromatic nitrogens is 1. The van der Waals surface area contributed by atoms with E-state index in [0.29, 0.717) is 5.76 Å². The summed E-state index contributed by atoms with van der Waals surface area (Å²) < 4.78 is 43.4. The normalized spacial score (nSPS) is 13.2. The molecule has 0 saturated heterocycles. The zero-order valence-corrected chi connectivity index (χ0v) is 11.0. The van der Waals surface area contributed by atoms with Crippen LogP contribution in [0.2, 0.25) is 0 Å². The lowest BCUT2D eigenvalue weighted by Gasteiger charge is -2.14. The Labute approximate surface area is 113 Å². The molecule has 0 fully saturated rings. The second-order valence-corrected chi connectivity index (χ2v) is 4.48. The number of alkyl halides is 3. The average molecular weight is 285 g/mol. The van der Waals surface area contributed by atoms with Crippen LogP contribution >= 0.6 is 0 Å². The fourth-order valence-electron chi connectivity index (χ4n) is 1.77. The van der Waals surface area contributed by atoms with Crippen LogP contribution in [0.3, 0.4) is 0 Å². The van der Waals surface area contributed by atoms with Gasteiger partial charge in [-0.05, 0) is 38.1 Å². The minimum Gasteiger partial charge on any atom is -0.464 e. The molecule has 0 amide bonds. The minimum absolute atomic E-state index is 0.0545. The third kappa shape index (κ3) is 3.23. The van der Waals surface area contributed by atoms with Crippen molar-refractivity contribution >= 4 is 11.6 Å². The predicted molar refractivity (Wildman–Crippen MR) is 69.1 cm³/mol. The molecule has 2 aromatic rings. The molecule has 7 heteroatoms. The maximum atomic E-state index is 12.7. The lowest BCUT2D eigenvalue weighted by Crippen LogP contribution is -2.11. The van der Waals surface area contributed by atoms with Crippen molar-refractivity contribution in [1.82, 2.24) is 4.98 Å². The van der Waals surface area contributed by atoms with Crippen LogP contribution in [-0.2, 0) is 6.18 Å². The monoisotopic (exact) mass is 285 g/mol. The molecule has 1 atom stereocenters. The summed E-state index contributed by atoms with van der Waals surface area (Å²) in [4.78, 5) is 3.84. The summed E-state index contributed by atoms with van der Waals surface area (Å²) in [6.45, 7) is 3.55. The number of hydrogen-bond donors (Lipinski definition) is 2. The highest BCUT2D eigenvalue weighted by molar-refractivity contribution is 5.48. The van der Waals surface area contributed by atoms with Crippen molar-refractivity contribution in [2.24, 2.45) is 0 Å². The number of aryl methyl sites for hydroxylation is 1. The van der Waals surface area contributed by atoms with Crippen LogP contribution in [-0.4, -0.2) is 4.98 Å². The Hall–Kier alpha value is -2.18. The molecule has 3 N–H and O–H groups in total. The van der Waals surface area contributed by atoms with E-state index < -0.39 is 11.7 Å². The summed E-state index contributed by atoms with van der Waals surface area (Å²) in [7, 11) is 0. The highest BCUT2D eigenvalue weighted by atomic mass is 19.4. The molecule has 108 valence electrons. The average Bonchev–Trinajstić information content (AvgIpc) is 2.74. The van der Waals surface area contributed by atoms with Gasteiger partial charge < -0.3 is 15.5 Å². The van der Waals surface area contributed by atoms with Crippen molar-refractivity contribution in [3.63, 3.8) is 0 Å². The molecule has 2 heterocycles. The van der Waals surface area contributed by atoms with E-state index in [2.05, 4.69) is 10.3 Å². The topological polar surface area (TPSA) is 64.1 Å². The van der Waals surface area contributed by atoms with Gasteiger partial charge in [0.1, 0.15) is 23.2 Å². The zero-order chi connectivity index (χ0) is 14.9. The quantitative estimate of drug-likeness (QED) is 0.901. The molecule has 0 aliphatic rings. The van der Waals surface area contributed by atoms with Gasteiger partial charge in [0.25, 0.3) is 0 Å². The summed E-state index contributed by atoms with van der Waals surface area (Å²) in [5.41, 5.74) is 4.56. The van der Waals surface area contributed by atoms with Crippen LogP contribution in [0, 0.1) is 6.92 Å². The summed E-state index contributed by atoms with van der Waals surface area (Å²) >= 11 is 0. The van der Waals surface area contributed by atoms with Crippen LogP contribution in [0.5, 0.6) is 0 Å². The van der Waals surface area contributed by atoms with Crippen molar-refractivity contribution < 1.29 is 17.6 Å². The van der Waals surface area contributed by atoms with E-state index in [-0.39, 0.29) is 17.7 Å². The van der Waals surface area contributed by atoms with Crippen LogP contribution in [0.4, 0.5) is 24.8 Å². The van der Waals surface area contributed by atoms with Gasteiger partial charge in [0, 0.05) is 0 Å². The number of anilines is 2. The summed E-state index contributed by atoms with van der Waals surface area (Å²) in [5, 5.41) is 2.84. The maximum absolute atomic E-state index is 12.7. The molecule has 0 radical (unpaired) electrons. The molecule has 0 bridgehead atoms. The third-order valence-corrected chi connectivity index (χ3v) is 2.72. The van der Waals surface area contributed by atoms with Gasteiger partial charge in [0.15, 0.2) is 0 Å². The Kier molecular flexibility index (Phi) is 3.61. The van der Waals surface area contributed by atoms with Gasteiger partial charge in [-0.1, -0.05) is 0 Å². The molecule has 1 unspecified atom stereocenters. The fraction of sp³-hybridized carbons (Fsp3) is 0.308. The SMILES string of the molecule is Cc1ccc(C(C)Nc2cc(C(F)(F)F)cc(N)n2)o1. The molecule has 4 nitrogen and oxygen atoms in total. The zero-order valence-electron chi connectivity index (χ0n) is 11.0. The molecule has 0 saturated carbocycles. The number of halogens is 3. The van der Waals surface area contributed by atoms with E-state index in [1.165, 1.54) is 0 Å². The number of hydrogen-bond acceptors (Lipinski definition) is 4. The highest BCUT2D eigenvalue weighted by Crippen LogP contribution is 2.32. The first-order valence-electron chi connectivity index (χ1n) is 5.93. The van der Waals surface area contributed by atoms with Crippen molar-refractivity contribution in [3.05, 3.63) is 41.3 Å². The van der Waals surface area contributed by atoms with Crippen LogP contribution in [0.1, 0.15) is 30.0 Å². The van der Waals surface area contributed by atoms with Gasteiger partial charge in [-0.15, -0.1) is 0 Å². The highest BCUT2D eigenvalue weighted by Gasteiger charge is 2.31. The molecule has 0 aliphatic carbocycles. The smallest absolute Gasteiger partial charge is 0.416 e. The predicted octanol–water partition coefficient (Wildman–Crippen LogP) is 3.76. The Morgan fingerprint density at radius 1 is 1.30 bits per heavy atom. The van der Waals surface area contributed by atoms with E-state index in [9.17, 15) is 13.2 Å². The Morgan fingerprint density at radius 3 is 2.55 bits per heavy atom. The first kappa shape index (κ1) is 14.2. The maximum Gasteiger partial charge on any atom is 0.416 e. The number of pyridine rings is 1. The number of rotatable bonds is 3. The van der Waals surface area contributed by atoms with Crippen LogP contribution in [0.15, 0.2) is 28.7 Å². The number of nitrogens with two attached hydrogens (primary N) is 1. The standard InChI is InChI=1S/C13H14F3N3O/c1-7-3-4-10(20-7)8(2)18-12-6-9(13(14,15)16)5-11(17)19-12/h3-6,8H,1-2H3,(H3,17,18,19). The molecule has 0 aliphatic heterocycles. The second-order valence-electron chi connectivity index (χ2n) is 4.48. The minimum atomic E-state index is -4.46. The molecule has 20 heavy (non-hydrogen) atoms. The Balaban J connectivity index is 2.23. The fourth-order valence-corrected chi connectivity index (χ4v) is 1.77. The lowest BCUT2D eigenvalue weighted by atomic mass is 10.2. The van der Waals surface area contributed by atoms with Crippen LogP contribution in [0.25, 0.3) is 0 Å². The second kappa shape index (κ2) is 5.07. The van der Waals surface area contributed by atoms with Gasteiger partial charge in [0.2, 0.25) is 0 Å². The van der Waals surface area contributed by atoms with E-state index in [4.69, 9.17) is 10.2 Å². The van der Waals surface area contributed by atoms with Crippen molar-refractivity contribution in [3.8, 4) is 0 Å². The molecule has 2 rings (SSSR count). The Morgan fingerprint density at radius 2 is 2.00 bits per heavy atom. The Bertz CT molecular complexity index is 607. The van der Waals surface area contributed by atoms with Crippen molar-refractivity contribution in [2.75, 3.05) is 11.1 Å².